The van der Waals surface area contributed by atoms with E-state index in [1.165, 1.54) is 44.6 Å². The Hall–Kier alpha value is -2.52. The van der Waals surface area contributed by atoms with Crippen LogP contribution in [-0.2, 0) is 10.0 Å². The highest BCUT2D eigenvalue weighted by molar-refractivity contribution is 7.92. The molecule has 0 amide bonds. The van der Waals surface area contributed by atoms with Gasteiger partial charge in [-0.1, -0.05) is 11.6 Å². The van der Waals surface area contributed by atoms with Gasteiger partial charge in [-0.25, -0.2) is 8.42 Å². The Bertz CT molecular complexity index is 885. The summed E-state index contributed by atoms with van der Waals surface area (Å²) in [6.45, 7) is 0. The lowest BCUT2D eigenvalue weighted by atomic mass is 10.2. The highest BCUT2D eigenvalue weighted by Gasteiger charge is 2.24. The van der Waals surface area contributed by atoms with Gasteiger partial charge in [-0.15, -0.1) is 0 Å². The smallest absolute Gasteiger partial charge is 0.297 e. The third-order valence-corrected chi connectivity index (χ3v) is 4.68. The molecular formula is C14H13ClN2O6S. The summed E-state index contributed by atoms with van der Waals surface area (Å²) >= 11 is 5.83. The zero-order chi connectivity index (χ0) is 17.9. The lowest BCUT2D eigenvalue weighted by Gasteiger charge is -2.12. The van der Waals surface area contributed by atoms with Crippen LogP contribution in [-0.4, -0.2) is 27.6 Å². The molecule has 24 heavy (non-hydrogen) atoms. The van der Waals surface area contributed by atoms with Gasteiger partial charge in [0.2, 0.25) is 0 Å². The number of nitrogens with one attached hydrogen (secondary N) is 1. The molecular weight excluding hydrogens is 360 g/mol. The number of anilines is 1. The third-order valence-electron chi connectivity index (χ3n) is 3.06. The lowest BCUT2D eigenvalue weighted by Crippen LogP contribution is -2.15. The van der Waals surface area contributed by atoms with Crippen molar-refractivity contribution in [3.05, 3.63) is 51.5 Å². The van der Waals surface area contributed by atoms with Gasteiger partial charge in [-0.3, -0.25) is 14.8 Å². The highest BCUT2D eigenvalue weighted by Crippen LogP contribution is 2.33. The fourth-order valence-corrected chi connectivity index (χ4v) is 3.44. The normalized spacial score (nSPS) is 11.0. The number of nitro groups is 1. The lowest BCUT2D eigenvalue weighted by molar-refractivity contribution is -0.384. The van der Waals surface area contributed by atoms with Crippen molar-refractivity contribution in [1.82, 2.24) is 0 Å². The molecule has 0 heterocycles. The van der Waals surface area contributed by atoms with Crippen molar-refractivity contribution in [3.8, 4) is 11.5 Å². The molecule has 0 saturated heterocycles. The molecule has 2 rings (SSSR count). The second kappa shape index (κ2) is 6.93. The Kier molecular flexibility index (Phi) is 5.15. The summed E-state index contributed by atoms with van der Waals surface area (Å²) in [7, 11) is -1.51. The third kappa shape index (κ3) is 3.69. The van der Waals surface area contributed by atoms with E-state index in [2.05, 4.69) is 4.72 Å². The number of nitro benzene ring substituents is 1. The summed E-state index contributed by atoms with van der Waals surface area (Å²) in [5.41, 5.74) is -0.651. The maximum absolute atomic E-state index is 12.6. The van der Waals surface area contributed by atoms with Gasteiger partial charge in [0.15, 0.2) is 0 Å². The molecule has 0 aromatic heterocycles. The van der Waals surface area contributed by atoms with Crippen LogP contribution in [0.15, 0.2) is 41.3 Å². The van der Waals surface area contributed by atoms with Gasteiger partial charge >= 0.3 is 0 Å². The predicted octanol–water partition coefficient (Wildman–Crippen LogP) is 3.07. The number of benzene rings is 2. The minimum atomic E-state index is -4.16. The summed E-state index contributed by atoms with van der Waals surface area (Å²) in [6, 6.07) is 7.81. The van der Waals surface area contributed by atoms with Crippen LogP contribution in [0.4, 0.5) is 11.4 Å². The van der Waals surface area contributed by atoms with E-state index < -0.39 is 20.6 Å². The van der Waals surface area contributed by atoms with Gasteiger partial charge in [0.1, 0.15) is 22.1 Å². The molecule has 0 aliphatic carbocycles. The van der Waals surface area contributed by atoms with E-state index in [1.807, 2.05) is 0 Å². The molecule has 0 spiro atoms. The van der Waals surface area contributed by atoms with Gasteiger partial charge in [-0.05, 0) is 30.3 Å². The molecule has 0 atom stereocenters. The SMILES string of the molecule is COc1ccc(NS(=O)(=O)c2cc(Cl)ccc2OC)c([N+](=O)[O-])c1. The number of halogens is 1. The number of hydrogen-bond acceptors (Lipinski definition) is 6. The van der Waals surface area contributed by atoms with Gasteiger partial charge < -0.3 is 9.47 Å². The van der Waals surface area contributed by atoms with Crippen LogP contribution in [0.25, 0.3) is 0 Å². The number of hydrogen-bond donors (Lipinski definition) is 1. The van der Waals surface area contributed by atoms with Crippen LogP contribution in [0, 0.1) is 10.1 Å². The minimum Gasteiger partial charge on any atom is -0.496 e. The maximum atomic E-state index is 12.6. The Balaban J connectivity index is 2.51. The highest BCUT2D eigenvalue weighted by atomic mass is 35.5. The zero-order valence-corrected chi connectivity index (χ0v) is 14.2. The van der Waals surface area contributed by atoms with Crippen molar-refractivity contribution >= 4 is 33.0 Å². The molecule has 0 aliphatic rings. The van der Waals surface area contributed by atoms with Crippen molar-refractivity contribution in [2.24, 2.45) is 0 Å². The molecule has 0 saturated carbocycles. The van der Waals surface area contributed by atoms with E-state index in [1.54, 1.807) is 0 Å². The number of nitrogens with zero attached hydrogens (tertiary/aromatic N) is 1. The summed E-state index contributed by atoms with van der Waals surface area (Å²) in [5, 5.41) is 11.3. The molecule has 0 bridgehead atoms. The van der Waals surface area contributed by atoms with Crippen molar-refractivity contribution in [2.75, 3.05) is 18.9 Å². The van der Waals surface area contributed by atoms with E-state index in [4.69, 9.17) is 21.1 Å². The fourth-order valence-electron chi connectivity index (χ4n) is 1.94. The largest absolute Gasteiger partial charge is 0.496 e. The second-order valence-corrected chi connectivity index (χ2v) is 6.63. The van der Waals surface area contributed by atoms with Crippen LogP contribution in [0.3, 0.4) is 0 Å². The van der Waals surface area contributed by atoms with Gasteiger partial charge in [0.05, 0.1) is 25.2 Å². The van der Waals surface area contributed by atoms with Crippen LogP contribution >= 0.6 is 11.6 Å². The Morgan fingerprint density at radius 2 is 1.83 bits per heavy atom. The molecule has 2 aromatic rings. The minimum absolute atomic E-state index is 0.0584. The summed E-state index contributed by atoms with van der Waals surface area (Å²) in [4.78, 5) is 10.2. The molecule has 0 unspecified atom stereocenters. The molecule has 0 radical (unpaired) electrons. The van der Waals surface area contributed by atoms with Gasteiger partial charge in [0, 0.05) is 5.02 Å². The van der Waals surface area contributed by atoms with Crippen molar-refractivity contribution in [3.63, 3.8) is 0 Å². The number of rotatable bonds is 6. The monoisotopic (exact) mass is 372 g/mol. The zero-order valence-electron chi connectivity index (χ0n) is 12.6. The van der Waals surface area contributed by atoms with Crippen LogP contribution < -0.4 is 14.2 Å². The second-order valence-electron chi connectivity index (χ2n) is 4.54. The molecule has 0 fully saturated rings. The Morgan fingerprint density at radius 3 is 2.42 bits per heavy atom. The molecule has 0 aliphatic heterocycles. The molecule has 1 N–H and O–H groups in total. The van der Waals surface area contributed by atoms with E-state index in [0.29, 0.717) is 0 Å². The predicted molar refractivity (Wildman–Crippen MR) is 88.5 cm³/mol. The Morgan fingerprint density at radius 1 is 1.12 bits per heavy atom. The maximum Gasteiger partial charge on any atom is 0.297 e. The van der Waals surface area contributed by atoms with E-state index >= 15 is 0 Å². The first kappa shape index (κ1) is 17.8. The first-order chi connectivity index (χ1) is 11.3. The fraction of sp³-hybridized carbons (Fsp3) is 0.143. The Labute approximate surface area is 143 Å². The first-order valence-corrected chi connectivity index (χ1v) is 8.33. The average Bonchev–Trinajstić information content (AvgIpc) is 2.54. The van der Waals surface area contributed by atoms with Crippen molar-refractivity contribution in [2.45, 2.75) is 4.90 Å². The number of sulfonamides is 1. The molecule has 128 valence electrons. The van der Waals surface area contributed by atoms with Gasteiger partial charge in [0.25, 0.3) is 15.7 Å². The van der Waals surface area contributed by atoms with Crippen molar-refractivity contribution < 1.29 is 22.8 Å². The quantitative estimate of drug-likeness (QED) is 0.616. The molecule has 8 nitrogen and oxygen atoms in total. The van der Waals surface area contributed by atoms with Crippen LogP contribution in [0.5, 0.6) is 11.5 Å². The topological polar surface area (TPSA) is 108 Å². The summed E-state index contributed by atoms with van der Waals surface area (Å²) in [5.74, 6) is 0.285. The van der Waals surface area contributed by atoms with E-state index in [9.17, 15) is 18.5 Å². The molecule has 2 aromatic carbocycles. The average molecular weight is 373 g/mol. The standard InChI is InChI=1S/C14H13ClN2O6S/c1-22-10-4-5-11(12(8-10)17(18)19)16-24(20,21)14-7-9(15)3-6-13(14)23-2/h3-8,16H,1-2H3. The summed E-state index contributed by atoms with van der Waals surface area (Å²) in [6.07, 6.45) is 0. The van der Waals surface area contributed by atoms with Crippen LogP contribution in [0.2, 0.25) is 5.02 Å². The van der Waals surface area contributed by atoms with Gasteiger partial charge in [-0.2, -0.15) is 0 Å². The van der Waals surface area contributed by atoms with E-state index in [-0.39, 0.29) is 27.1 Å². The van der Waals surface area contributed by atoms with E-state index in [0.717, 1.165) is 6.07 Å². The number of ether oxygens (including phenoxy) is 2. The van der Waals surface area contributed by atoms with Crippen molar-refractivity contribution in [1.29, 1.82) is 0 Å². The number of methoxy groups -OCH3 is 2. The first-order valence-electron chi connectivity index (χ1n) is 6.47. The van der Waals surface area contributed by atoms with Crippen LogP contribution in [0.1, 0.15) is 0 Å². The molecule has 10 heteroatoms. The summed E-state index contributed by atoms with van der Waals surface area (Å²) < 4.78 is 37.2.